The monoisotopic (exact) mass is 320 g/mol. The summed E-state index contributed by atoms with van der Waals surface area (Å²) in [5.74, 6) is 0.209. The van der Waals surface area contributed by atoms with Crippen LogP contribution in [-0.2, 0) is 4.79 Å². The van der Waals surface area contributed by atoms with Crippen LogP contribution in [-0.4, -0.2) is 42.8 Å². The molecule has 0 bridgehead atoms. The SMILES string of the molecule is CCNCC1CCN(C(=O)CCC(=O)c2ccc(F)cc2)CC1. The number of likely N-dealkylation sites (tertiary alicyclic amines) is 1. The number of rotatable bonds is 7. The minimum atomic E-state index is -0.363. The Morgan fingerprint density at radius 1 is 1.17 bits per heavy atom. The molecule has 1 aliphatic heterocycles. The summed E-state index contributed by atoms with van der Waals surface area (Å²) in [4.78, 5) is 26.1. The van der Waals surface area contributed by atoms with Crippen molar-refractivity contribution in [3.63, 3.8) is 0 Å². The van der Waals surface area contributed by atoms with Gasteiger partial charge in [0, 0.05) is 31.5 Å². The highest BCUT2D eigenvalue weighted by atomic mass is 19.1. The van der Waals surface area contributed by atoms with Gasteiger partial charge in [-0.2, -0.15) is 0 Å². The van der Waals surface area contributed by atoms with Crippen LogP contribution in [0.5, 0.6) is 0 Å². The molecule has 4 nitrogen and oxygen atoms in total. The molecule has 0 saturated carbocycles. The lowest BCUT2D eigenvalue weighted by Crippen LogP contribution is -2.40. The molecule has 126 valence electrons. The number of hydrogen-bond donors (Lipinski definition) is 1. The van der Waals surface area contributed by atoms with Gasteiger partial charge in [-0.1, -0.05) is 6.92 Å². The van der Waals surface area contributed by atoms with Crippen molar-refractivity contribution < 1.29 is 14.0 Å². The standard InChI is InChI=1S/C18H25FN2O2/c1-2-20-13-14-9-11-21(12-10-14)18(23)8-7-17(22)15-3-5-16(19)6-4-15/h3-6,14,20H,2,7-13H2,1H3. The van der Waals surface area contributed by atoms with Gasteiger partial charge in [-0.3, -0.25) is 9.59 Å². The third-order valence-corrected chi connectivity index (χ3v) is 4.38. The van der Waals surface area contributed by atoms with E-state index in [-0.39, 0.29) is 30.3 Å². The zero-order valence-electron chi connectivity index (χ0n) is 13.7. The van der Waals surface area contributed by atoms with Crippen LogP contribution >= 0.6 is 0 Å². The second-order valence-corrected chi connectivity index (χ2v) is 6.06. The van der Waals surface area contributed by atoms with Gasteiger partial charge in [-0.15, -0.1) is 0 Å². The molecule has 1 N–H and O–H groups in total. The Labute approximate surface area is 137 Å². The first-order valence-electron chi connectivity index (χ1n) is 8.37. The van der Waals surface area contributed by atoms with E-state index in [1.807, 2.05) is 4.90 Å². The number of nitrogens with one attached hydrogen (secondary N) is 1. The molecule has 1 saturated heterocycles. The van der Waals surface area contributed by atoms with Gasteiger partial charge in [-0.05, 0) is 56.1 Å². The van der Waals surface area contributed by atoms with Gasteiger partial charge in [0.15, 0.2) is 5.78 Å². The minimum absolute atomic E-state index is 0.0439. The van der Waals surface area contributed by atoms with Gasteiger partial charge in [0.2, 0.25) is 5.91 Å². The molecule has 1 amide bonds. The maximum atomic E-state index is 12.8. The van der Waals surface area contributed by atoms with Crippen LogP contribution in [0.1, 0.15) is 43.0 Å². The number of hydrogen-bond acceptors (Lipinski definition) is 3. The lowest BCUT2D eigenvalue weighted by atomic mass is 9.96. The van der Waals surface area contributed by atoms with Gasteiger partial charge in [0.05, 0.1) is 0 Å². The maximum Gasteiger partial charge on any atom is 0.223 e. The van der Waals surface area contributed by atoms with E-state index in [0.717, 1.165) is 39.0 Å². The van der Waals surface area contributed by atoms with E-state index in [0.29, 0.717) is 11.5 Å². The molecule has 0 aromatic heterocycles. The molecule has 1 aliphatic rings. The molecule has 0 radical (unpaired) electrons. The number of amides is 1. The van der Waals surface area contributed by atoms with Crippen LogP contribution in [0.15, 0.2) is 24.3 Å². The van der Waals surface area contributed by atoms with Crippen molar-refractivity contribution in [3.8, 4) is 0 Å². The predicted octanol–water partition coefficient (Wildman–Crippen LogP) is 2.64. The van der Waals surface area contributed by atoms with E-state index in [1.165, 1.54) is 24.3 Å². The highest BCUT2D eigenvalue weighted by Gasteiger charge is 2.22. The van der Waals surface area contributed by atoms with Crippen LogP contribution in [0.4, 0.5) is 4.39 Å². The fourth-order valence-electron chi connectivity index (χ4n) is 2.89. The Kier molecular flexibility index (Phi) is 6.71. The lowest BCUT2D eigenvalue weighted by molar-refractivity contribution is -0.132. The Morgan fingerprint density at radius 3 is 2.43 bits per heavy atom. The Balaban J connectivity index is 1.73. The number of carbonyl (C=O) groups excluding carboxylic acids is 2. The minimum Gasteiger partial charge on any atom is -0.343 e. The third-order valence-electron chi connectivity index (χ3n) is 4.38. The topological polar surface area (TPSA) is 49.4 Å². The molecule has 5 heteroatoms. The molecule has 0 spiro atoms. The molecule has 1 heterocycles. The smallest absolute Gasteiger partial charge is 0.223 e. The molecule has 0 atom stereocenters. The number of piperidine rings is 1. The highest BCUT2D eigenvalue weighted by Crippen LogP contribution is 2.18. The fourth-order valence-corrected chi connectivity index (χ4v) is 2.89. The van der Waals surface area contributed by atoms with Gasteiger partial charge >= 0.3 is 0 Å². The Bertz CT molecular complexity index is 522. The van der Waals surface area contributed by atoms with Gasteiger partial charge in [0.1, 0.15) is 5.82 Å². The molecule has 1 aromatic rings. The van der Waals surface area contributed by atoms with Crippen LogP contribution in [0, 0.1) is 11.7 Å². The predicted molar refractivity (Wildman–Crippen MR) is 87.8 cm³/mol. The first-order chi connectivity index (χ1) is 11.1. The van der Waals surface area contributed by atoms with Crippen molar-refractivity contribution in [2.45, 2.75) is 32.6 Å². The number of carbonyl (C=O) groups is 2. The lowest BCUT2D eigenvalue weighted by Gasteiger charge is -2.32. The molecule has 2 rings (SSSR count). The zero-order chi connectivity index (χ0) is 16.7. The van der Waals surface area contributed by atoms with Crippen LogP contribution < -0.4 is 5.32 Å². The average molecular weight is 320 g/mol. The summed E-state index contributed by atoms with van der Waals surface area (Å²) in [6.45, 7) is 5.64. The number of nitrogens with zero attached hydrogens (tertiary/aromatic N) is 1. The fraction of sp³-hybridized carbons (Fsp3) is 0.556. The third kappa shape index (κ3) is 5.43. The number of ketones is 1. The molecule has 0 aliphatic carbocycles. The van der Waals surface area contributed by atoms with Gasteiger partial charge in [-0.25, -0.2) is 4.39 Å². The van der Waals surface area contributed by atoms with Crippen molar-refractivity contribution in [1.29, 1.82) is 0 Å². The molecule has 23 heavy (non-hydrogen) atoms. The summed E-state index contributed by atoms with van der Waals surface area (Å²) in [5, 5.41) is 3.35. The van der Waals surface area contributed by atoms with E-state index in [1.54, 1.807) is 0 Å². The Morgan fingerprint density at radius 2 is 1.83 bits per heavy atom. The van der Waals surface area contributed by atoms with Crippen LogP contribution in [0.25, 0.3) is 0 Å². The van der Waals surface area contributed by atoms with Crippen molar-refractivity contribution in [2.75, 3.05) is 26.2 Å². The van der Waals surface area contributed by atoms with Gasteiger partial charge < -0.3 is 10.2 Å². The van der Waals surface area contributed by atoms with E-state index < -0.39 is 0 Å². The number of Topliss-reactive ketones (excluding diaryl/α,β-unsaturated/α-hetero) is 1. The largest absolute Gasteiger partial charge is 0.343 e. The molecular weight excluding hydrogens is 295 g/mol. The quantitative estimate of drug-likeness (QED) is 0.786. The summed E-state index contributed by atoms with van der Waals surface area (Å²) in [5.41, 5.74) is 0.462. The number of halogens is 1. The van der Waals surface area contributed by atoms with Crippen molar-refractivity contribution in [2.24, 2.45) is 5.92 Å². The first kappa shape index (κ1) is 17.6. The molecular formula is C18H25FN2O2. The first-order valence-corrected chi connectivity index (χ1v) is 8.37. The van der Waals surface area contributed by atoms with E-state index in [2.05, 4.69) is 12.2 Å². The summed E-state index contributed by atoms with van der Waals surface area (Å²) in [6.07, 6.45) is 2.45. The van der Waals surface area contributed by atoms with E-state index >= 15 is 0 Å². The number of benzene rings is 1. The normalized spacial score (nSPS) is 15.7. The van der Waals surface area contributed by atoms with Crippen LogP contribution in [0.2, 0.25) is 0 Å². The van der Waals surface area contributed by atoms with Crippen LogP contribution in [0.3, 0.4) is 0 Å². The maximum absolute atomic E-state index is 12.8. The van der Waals surface area contributed by atoms with E-state index in [4.69, 9.17) is 0 Å². The van der Waals surface area contributed by atoms with Crippen molar-refractivity contribution in [1.82, 2.24) is 10.2 Å². The molecule has 0 unspecified atom stereocenters. The summed E-state index contributed by atoms with van der Waals surface area (Å²) < 4.78 is 12.8. The summed E-state index contributed by atoms with van der Waals surface area (Å²) >= 11 is 0. The second-order valence-electron chi connectivity index (χ2n) is 6.06. The summed E-state index contributed by atoms with van der Waals surface area (Å²) in [6, 6.07) is 5.47. The average Bonchev–Trinajstić information content (AvgIpc) is 2.58. The molecule has 1 aromatic carbocycles. The van der Waals surface area contributed by atoms with Crippen molar-refractivity contribution >= 4 is 11.7 Å². The van der Waals surface area contributed by atoms with Gasteiger partial charge in [0.25, 0.3) is 0 Å². The second kappa shape index (κ2) is 8.77. The summed E-state index contributed by atoms with van der Waals surface area (Å²) in [7, 11) is 0. The molecule has 1 fully saturated rings. The van der Waals surface area contributed by atoms with E-state index in [9.17, 15) is 14.0 Å². The van der Waals surface area contributed by atoms with Crippen molar-refractivity contribution in [3.05, 3.63) is 35.6 Å². The Hall–Kier alpha value is -1.75. The zero-order valence-corrected chi connectivity index (χ0v) is 13.7. The highest BCUT2D eigenvalue weighted by molar-refractivity contribution is 5.97.